The number of carbonyl (C=O) groups is 2. The Hall–Kier alpha value is -1.56. The third-order valence-electron chi connectivity index (χ3n) is 2.73. The van der Waals surface area contributed by atoms with Crippen molar-refractivity contribution in [1.82, 2.24) is 5.32 Å². The van der Waals surface area contributed by atoms with E-state index in [1.807, 2.05) is 26.0 Å². The Morgan fingerprint density at radius 2 is 2.10 bits per heavy atom. The average Bonchev–Trinajstić information content (AvgIpc) is 2.37. The number of amides is 1. The van der Waals surface area contributed by atoms with E-state index in [4.69, 9.17) is 9.84 Å². The summed E-state index contributed by atoms with van der Waals surface area (Å²) in [5, 5.41) is 11.6. The third kappa shape index (κ3) is 7.13. The molecule has 0 aliphatic carbocycles. The standard InChI is InChI=1S/C15H20BrNO4/c1-10(2)8-13(15(19)20)17-14(18)6-7-21-12-5-3-4-11(16)9-12/h3-5,9-10,13H,6-8H2,1-2H3,(H,17,18)(H,19,20)/t13-/m1/s1. The van der Waals surface area contributed by atoms with Gasteiger partial charge < -0.3 is 15.2 Å². The molecular weight excluding hydrogens is 338 g/mol. The zero-order valence-corrected chi connectivity index (χ0v) is 13.7. The first-order valence-corrected chi connectivity index (χ1v) is 7.58. The lowest BCUT2D eigenvalue weighted by Gasteiger charge is -2.16. The number of nitrogens with one attached hydrogen (secondary N) is 1. The molecular formula is C15H20BrNO4. The number of hydrogen-bond donors (Lipinski definition) is 2. The maximum absolute atomic E-state index is 11.7. The summed E-state index contributed by atoms with van der Waals surface area (Å²) in [7, 11) is 0. The lowest BCUT2D eigenvalue weighted by Crippen LogP contribution is -2.42. The van der Waals surface area contributed by atoms with Crippen LogP contribution in [0.5, 0.6) is 5.75 Å². The molecule has 0 radical (unpaired) electrons. The number of carboxylic acids is 1. The van der Waals surface area contributed by atoms with Crippen molar-refractivity contribution in [1.29, 1.82) is 0 Å². The molecule has 0 aliphatic heterocycles. The van der Waals surface area contributed by atoms with Crippen LogP contribution in [0.15, 0.2) is 28.7 Å². The van der Waals surface area contributed by atoms with Crippen LogP contribution >= 0.6 is 15.9 Å². The lowest BCUT2D eigenvalue weighted by molar-refractivity contribution is -0.142. The number of halogens is 1. The molecule has 0 heterocycles. The van der Waals surface area contributed by atoms with Crippen LogP contribution in [-0.2, 0) is 9.59 Å². The van der Waals surface area contributed by atoms with Gasteiger partial charge in [-0.3, -0.25) is 4.79 Å². The molecule has 0 spiro atoms. The van der Waals surface area contributed by atoms with Gasteiger partial charge in [0, 0.05) is 4.47 Å². The van der Waals surface area contributed by atoms with Crippen molar-refractivity contribution >= 4 is 27.8 Å². The van der Waals surface area contributed by atoms with E-state index in [9.17, 15) is 9.59 Å². The molecule has 0 aromatic heterocycles. The summed E-state index contributed by atoms with van der Waals surface area (Å²) in [6.07, 6.45) is 0.530. The summed E-state index contributed by atoms with van der Waals surface area (Å²) in [5.74, 6) is -0.471. The fourth-order valence-corrected chi connectivity index (χ4v) is 2.16. The number of carbonyl (C=O) groups excluding carboxylic acids is 1. The zero-order valence-electron chi connectivity index (χ0n) is 12.1. The van der Waals surface area contributed by atoms with E-state index in [1.54, 1.807) is 12.1 Å². The van der Waals surface area contributed by atoms with Gasteiger partial charge in [0.2, 0.25) is 5.91 Å². The molecule has 2 N–H and O–H groups in total. The first-order valence-electron chi connectivity index (χ1n) is 6.79. The number of rotatable bonds is 8. The molecule has 21 heavy (non-hydrogen) atoms. The van der Waals surface area contributed by atoms with Crippen LogP contribution in [0.3, 0.4) is 0 Å². The fourth-order valence-electron chi connectivity index (χ4n) is 1.78. The molecule has 0 fully saturated rings. The van der Waals surface area contributed by atoms with Crippen molar-refractivity contribution in [2.75, 3.05) is 6.61 Å². The second kappa shape index (κ2) is 8.67. The van der Waals surface area contributed by atoms with E-state index in [1.165, 1.54) is 0 Å². The first-order chi connectivity index (χ1) is 9.88. The molecule has 1 atom stereocenters. The second-order valence-corrected chi connectivity index (χ2v) is 6.06. The number of benzene rings is 1. The van der Waals surface area contributed by atoms with Crippen LogP contribution < -0.4 is 10.1 Å². The summed E-state index contributed by atoms with van der Waals surface area (Å²) in [4.78, 5) is 22.8. The topological polar surface area (TPSA) is 75.6 Å². The Bertz CT molecular complexity index is 490. The molecule has 1 rings (SSSR count). The van der Waals surface area contributed by atoms with Crippen LogP contribution in [0.2, 0.25) is 0 Å². The summed E-state index contributed by atoms with van der Waals surface area (Å²) in [6, 6.07) is 6.47. The van der Waals surface area contributed by atoms with Gasteiger partial charge in [0.1, 0.15) is 11.8 Å². The van der Waals surface area contributed by atoms with Crippen LogP contribution in [0.25, 0.3) is 0 Å². The van der Waals surface area contributed by atoms with E-state index in [0.717, 1.165) is 4.47 Å². The van der Waals surface area contributed by atoms with Gasteiger partial charge in [0.15, 0.2) is 0 Å². The van der Waals surface area contributed by atoms with Crippen molar-refractivity contribution in [3.8, 4) is 5.75 Å². The van der Waals surface area contributed by atoms with Crippen molar-refractivity contribution in [2.45, 2.75) is 32.7 Å². The average molecular weight is 358 g/mol. The largest absolute Gasteiger partial charge is 0.493 e. The molecule has 0 bridgehead atoms. The van der Waals surface area contributed by atoms with Gasteiger partial charge >= 0.3 is 5.97 Å². The molecule has 1 amide bonds. The molecule has 0 saturated heterocycles. The van der Waals surface area contributed by atoms with E-state index in [2.05, 4.69) is 21.2 Å². The van der Waals surface area contributed by atoms with Gasteiger partial charge in [-0.1, -0.05) is 35.8 Å². The highest BCUT2D eigenvalue weighted by molar-refractivity contribution is 9.10. The molecule has 0 saturated carbocycles. The minimum absolute atomic E-state index is 0.119. The quantitative estimate of drug-likeness (QED) is 0.749. The van der Waals surface area contributed by atoms with E-state index < -0.39 is 12.0 Å². The van der Waals surface area contributed by atoms with E-state index in [0.29, 0.717) is 12.2 Å². The van der Waals surface area contributed by atoms with Gasteiger partial charge in [0.25, 0.3) is 0 Å². The highest BCUT2D eigenvalue weighted by atomic mass is 79.9. The minimum Gasteiger partial charge on any atom is -0.493 e. The second-order valence-electron chi connectivity index (χ2n) is 5.14. The third-order valence-corrected chi connectivity index (χ3v) is 3.23. The SMILES string of the molecule is CC(C)C[C@@H](NC(=O)CCOc1cccc(Br)c1)C(=O)O. The van der Waals surface area contributed by atoms with E-state index in [-0.39, 0.29) is 24.9 Å². The Balaban J connectivity index is 2.37. The van der Waals surface area contributed by atoms with E-state index >= 15 is 0 Å². The normalized spacial score (nSPS) is 12.0. The number of aliphatic carboxylic acids is 1. The predicted molar refractivity (Wildman–Crippen MR) is 83.3 cm³/mol. The molecule has 0 aliphatic rings. The van der Waals surface area contributed by atoms with Crippen molar-refractivity contribution in [3.05, 3.63) is 28.7 Å². The Labute approximate surface area is 132 Å². The maximum Gasteiger partial charge on any atom is 0.326 e. The minimum atomic E-state index is -1.01. The number of carboxylic acid groups (broad SMARTS) is 1. The number of hydrogen-bond acceptors (Lipinski definition) is 3. The van der Waals surface area contributed by atoms with Gasteiger partial charge in [0.05, 0.1) is 13.0 Å². The molecule has 5 nitrogen and oxygen atoms in total. The summed E-state index contributed by atoms with van der Waals surface area (Å²) in [5.41, 5.74) is 0. The fraction of sp³-hybridized carbons (Fsp3) is 0.467. The van der Waals surface area contributed by atoms with Crippen LogP contribution in [0, 0.1) is 5.92 Å². The monoisotopic (exact) mass is 357 g/mol. The lowest BCUT2D eigenvalue weighted by atomic mass is 10.0. The molecule has 1 aromatic rings. The smallest absolute Gasteiger partial charge is 0.326 e. The van der Waals surface area contributed by atoms with Crippen molar-refractivity contribution in [3.63, 3.8) is 0 Å². The Kier molecular flexibility index (Phi) is 7.22. The van der Waals surface area contributed by atoms with Crippen LogP contribution in [0.1, 0.15) is 26.7 Å². The van der Waals surface area contributed by atoms with Crippen molar-refractivity contribution in [2.24, 2.45) is 5.92 Å². The molecule has 6 heteroatoms. The van der Waals surface area contributed by atoms with Crippen LogP contribution in [0.4, 0.5) is 0 Å². The Morgan fingerprint density at radius 1 is 1.38 bits per heavy atom. The maximum atomic E-state index is 11.7. The summed E-state index contributed by atoms with van der Waals surface area (Å²) < 4.78 is 6.34. The summed E-state index contributed by atoms with van der Waals surface area (Å²) >= 11 is 3.33. The zero-order chi connectivity index (χ0) is 15.8. The highest BCUT2D eigenvalue weighted by Crippen LogP contribution is 2.17. The number of ether oxygens (including phenoxy) is 1. The highest BCUT2D eigenvalue weighted by Gasteiger charge is 2.20. The molecule has 0 unspecified atom stereocenters. The van der Waals surface area contributed by atoms with Gasteiger partial charge in [-0.2, -0.15) is 0 Å². The Morgan fingerprint density at radius 3 is 2.67 bits per heavy atom. The van der Waals surface area contributed by atoms with Gasteiger partial charge in [-0.05, 0) is 30.5 Å². The first kappa shape index (κ1) is 17.5. The predicted octanol–water partition coefficient (Wildman–Crippen LogP) is 2.83. The summed E-state index contributed by atoms with van der Waals surface area (Å²) in [6.45, 7) is 4.03. The van der Waals surface area contributed by atoms with Crippen molar-refractivity contribution < 1.29 is 19.4 Å². The van der Waals surface area contributed by atoms with Gasteiger partial charge in [-0.25, -0.2) is 4.79 Å². The molecule has 116 valence electrons. The molecule has 1 aromatic carbocycles. The van der Waals surface area contributed by atoms with Gasteiger partial charge in [-0.15, -0.1) is 0 Å². The van der Waals surface area contributed by atoms with Crippen LogP contribution in [-0.4, -0.2) is 29.6 Å².